The third-order valence-corrected chi connectivity index (χ3v) is 2.05. The monoisotopic (exact) mass is 199 g/mol. The van der Waals surface area contributed by atoms with Crippen LogP contribution in [0.1, 0.15) is 19.1 Å². The highest BCUT2D eigenvalue weighted by atomic mass is 16.5. The largest absolute Gasteiger partial charge is 0.469 e. The van der Waals surface area contributed by atoms with Gasteiger partial charge >= 0.3 is 5.97 Å². The zero-order valence-corrected chi connectivity index (χ0v) is 8.20. The number of aromatic amines is 1. The summed E-state index contributed by atoms with van der Waals surface area (Å²) < 4.78 is 9.46. The first kappa shape index (κ1) is 10.6. The smallest absolute Gasteiger partial charge is 0.309 e. The van der Waals surface area contributed by atoms with E-state index in [4.69, 9.17) is 4.52 Å². The lowest BCUT2D eigenvalue weighted by Crippen LogP contribution is -2.17. The molecule has 0 spiro atoms. The molecule has 0 aliphatic carbocycles. The molecule has 0 aliphatic rings. The fraction of sp³-hybridized carbons (Fsp3) is 0.556. The molecule has 0 saturated heterocycles. The topological polar surface area (TPSA) is 72.3 Å². The normalized spacial score (nSPS) is 12.4. The molecular formula is C9H13NO4. The summed E-state index contributed by atoms with van der Waals surface area (Å²) in [6.45, 7) is 1.88. The molecule has 1 aromatic heterocycles. The van der Waals surface area contributed by atoms with Crippen LogP contribution < -0.4 is 5.56 Å². The Labute approximate surface area is 81.0 Å². The average Bonchev–Trinajstić information content (AvgIpc) is 2.59. The maximum Gasteiger partial charge on any atom is 0.309 e. The standard InChI is InChI=1S/C9H13NO4/c1-3-6(9(12)13-2)4-7-5-8(11)10-14-7/h5-6H,3-4H2,1-2H3,(H,10,11). The fourth-order valence-corrected chi connectivity index (χ4v) is 1.23. The molecule has 0 amide bonds. The van der Waals surface area contributed by atoms with Crippen molar-refractivity contribution >= 4 is 5.97 Å². The summed E-state index contributed by atoms with van der Waals surface area (Å²) in [7, 11) is 1.35. The summed E-state index contributed by atoms with van der Waals surface area (Å²) in [6, 6.07) is 1.34. The maximum atomic E-state index is 11.2. The molecule has 1 heterocycles. The highest BCUT2D eigenvalue weighted by Gasteiger charge is 2.19. The molecule has 1 unspecified atom stereocenters. The number of H-pyrrole nitrogens is 1. The van der Waals surface area contributed by atoms with Gasteiger partial charge in [0.1, 0.15) is 5.76 Å². The molecule has 1 N–H and O–H groups in total. The minimum Gasteiger partial charge on any atom is -0.469 e. The van der Waals surface area contributed by atoms with Crippen molar-refractivity contribution in [2.75, 3.05) is 7.11 Å². The molecule has 1 rings (SSSR count). The number of rotatable bonds is 4. The average molecular weight is 199 g/mol. The van der Waals surface area contributed by atoms with Gasteiger partial charge in [-0.3, -0.25) is 9.59 Å². The molecule has 5 heteroatoms. The van der Waals surface area contributed by atoms with E-state index in [1.54, 1.807) is 0 Å². The predicted molar refractivity (Wildman–Crippen MR) is 48.8 cm³/mol. The minimum absolute atomic E-state index is 0.251. The molecule has 0 aliphatic heterocycles. The number of ether oxygens (including phenoxy) is 1. The Hall–Kier alpha value is -1.52. The van der Waals surface area contributed by atoms with Gasteiger partial charge < -0.3 is 9.26 Å². The van der Waals surface area contributed by atoms with Gasteiger partial charge in [0.15, 0.2) is 0 Å². The zero-order chi connectivity index (χ0) is 10.6. The molecule has 0 fully saturated rings. The second-order valence-electron chi connectivity index (χ2n) is 3.01. The molecule has 0 bridgehead atoms. The van der Waals surface area contributed by atoms with E-state index in [9.17, 15) is 9.59 Å². The Balaban J connectivity index is 2.65. The van der Waals surface area contributed by atoms with Crippen LogP contribution in [0.25, 0.3) is 0 Å². The molecule has 1 atom stereocenters. The first-order valence-corrected chi connectivity index (χ1v) is 4.42. The van der Waals surface area contributed by atoms with Crippen LogP contribution >= 0.6 is 0 Å². The Morgan fingerprint density at radius 1 is 1.71 bits per heavy atom. The third-order valence-electron chi connectivity index (χ3n) is 2.05. The first-order valence-electron chi connectivity index (χ1n) is 4.42. The summed E-state index contributed by atoms with van der Waals surface area (Å²) in [4.78, 5) is 21.9. The highest BCUT2D eigenvalue weighted by molar-refractivity contribution is 5.72. The summed E-state index contributed by atoms with van der Waals surface area (Å²) in [5.74, 6) is -0.0532. The molecule has 5 nitrogen and oxygen atoms in total. The minimum atomic E-state index is -0.292. The van der Waals surface area contributed by atoms with E-state index in [1.165, 1.54) is 13.2 Å². The zero-order valence-electron chi connectivity index (χ0n) is 8.20. The number of esters is 1. The van der Waals surface area contributed by atoms with Gasteiger partial charge in [0.05, 0.1) is 13.0 Å². The lowest BCUT2D eigenvalue weighted by Gasteiger charge is -2.09. The van der Waals surface area contributed by atoms with Crippen molar-refractivity contribution in [2.45, 2.75) is 19.8 Å². The van der Waals surface area contributed by atoms with E-state index >= 15 is 0 Å². The SMILES string of the molecule is CCC(Cc1cc(=O)[nH]o1)C(=O)OC. The van der Waals surface area contributed by atoms with E-state index in [-0.39, 0.29) is 17.4 Å². The number of hydrogen-bond donors (Lipinski definition) is 1. The van der Waals surface area contributed by atoms with Gasteiger partial charge in [-0.1, -0.05) is 6.92 Å². The van der Waals surface area contributed by atoms with E-state index < -0.39 is 0 Å². The molecule has 1 aromatic rings. The van der Waals surface area contributed by atoms with Crippen LogP contribution in [0.2, 0.25) is 0 Å². The van der Waals surface area contributed by atoms with Crippen LogP contribution in [0.5, 0.6) is 0 Å². The van der Waals surface area contributed by atoms with Gasteiger partial charge in [0, 0.05) is 12.5 Å². The first-order chi connectivity index (χ1) is 6.67. The summed E-state index contributed by atoms with van der Waals surface area (Å²) in [5, 5.41) is 2.17. The van der Waals surface area contributed by atoms with Crippen LogP contribution in [-0.4, -0.2) is 18.2 Å². The summed E-state index contributed by atoms with van der Waals surface area (Å²) in [6.07, 6.45) is 1.05. The Bertz CT molecular complexity index is 352. The third kappa shape index (κ3) is 2.48. The van der Waals surface area contributed by atoms with Crippen molar-refractivity contribution in [3.05, 3.63) is 22.2 Å². The van der Waals surface area contributed by atoms with Crippen LogP contribution in [-0.2, 0) is 16.0 Å². The Morgan fingerprint density at radius 3 is 2.86 bits per heavy atom. The molecule has 0 aromatic carbocycles. The molecule has 78 valence electrons. The predicted octanol–water partition coefficient (Wildman–Crippen LogP) is 0.710. The number of carbonyl (C=O) groups excluding carboxylic acids is 1. The molecule has 14 heavy (non-hydrogen) atoms. The van der Waals surface area contributed by atoms with Gasteiger partial charge in [-0.2, -0.15) is 5.16 Å². The maximum absolute atomic E-state index is 11.2. The van der Waals surface area contributed by atoms with Gasteiger partial charge in [-0.05, 0) is 6.42 Å². The van der Waals surface area contributed by atoms with E-state index in [0.29, 0.717) is 18.6 Å². The lowest BCUT2D eigenvalue weighted by molar-refractivity contribution is -0.145. The lowest BCUT2D eigenvalue weighted by atomic mass is 10.0. The van der Waals surface area contributed by atoms with Crippen molar-refractivity contribution in [3.8, 4) is 0 Å². The quantitative estimate of drug-likeness (QED) is 0.725. The molecular weight excluding hydrogens is 186 g/mol. The Kier molecular flexibility index (Phi) is 3.50. The van der Waals surface area contributed by atoms with Crippen molar-refractivity contribution in [1.82, 2.24) is 5.16 Å². The second-order valence-corrected chi connectivity index (χ2v) is 3.01. The number of nitrogens with one attached hydrogen (secondary N) is 1. The number of aromatic nitrogens is 1. The van der Waals surface area contributed by atoms with Crippen molar-refractivity contribution < 1.29 is 14.1 Å². The van der Waals surface area contributed by atoms with Gasteiger partial charge in [-0.15, -0.1) is 0 Å². The summed E-state index contributed by atoms with van der Waals surface area (Å²) in [5.41, 5.74) is -0.292. The Morgan fingerprint density at radius 2 is 2.43 bits per heavy atom. The number of carbonyl (C=O) groups is 1. The van der Waals surface area contributed by atoms with E-state index in [1.807, 2.05) is 6.92 Å². The van der Waals surface area contributed by atoms with Crippen molar-refractivity contribution in [2.24, 2.45) is 5.92 Å². The fourth-order valence-electron chi connectivity index (χ4n) is 1.23. The van der Waals surface area contributed by atoms with Gasteiger partial charge in [-0.25, -0.2) is 0 Å². The highest BCUT2D eigenvalue weighted by Crippen LogP contribution is 2.11. The number of hydrogen-bond acceptors (Lipinski definition) is 4. The van der Waals surface area contributed by atoms with Crippen LogP contribution in [0.15, 0.2) is 15.4 Å². The van der Waals surface area contributed by atoms with E-state index in [2.05, 4.69) is 9.89 Å². The molecule has 0 radical (unpaired) electrons. The van der Waals surface area contributed by atoms with Crippen LogP contribution in [0.4, 0.5) is 0 Å². The van der Waals surface area contributed by atoms with Crippen LogP contribution in [0, 0.1) is 5.92 Å². The van der Waals surface area contributed by atoms with Crippen molar-refractivity contribution in [3.63, 3.8) is 0 Å². The van der Waals surface area contributed by atoms with Gasteiger partial charge in [0.2, 0.25) is 0 Å². The van der Waals surface area contributed by atoms with Crippen molar-refractivity contribution in [1.29, 1.82) is 0 Å². The number of methoxy groups -OCH3 is 1. The summed E-state index contributed by atoms with van der Waals surface area (Å²) >= 11 is 0. The van der Waals surface area contributed by atoms with Gasteiger partial charge in [0.25, 0.3) is 5.56 Å². The molecule has 0 saturated carbocycles. The van der Waals surface area contributed by atoms with E-state index in [0.717, 1.165) is 0 Å². The second kappa shape index (κ2) is 4.64. The van der Waals surface area contributed by atoms with Crippen LogP contribution in [0.3, 0.4) is 0 Å².